The van der Waals surface area contributed by atoms with E-state index in [1.165, 1.54) is 7.11 Å². The summed E-state index contributed by atoms with van der Waals surface area (Å²) in [5, 5.41) is 2.85. The predicted molar refractivity (Wildman–Crippen MR) is 50.9 cm³/mol. The molecule has 0 aromatic carbocycles. The molecule has 0 radical (unpaired) electrons. The highest BCUT2D eigenvalue weighted by Gasteiger charge is 2.59. The molecule has 4 nitrogen and oxygen atoms in total. The lowest BCUT2D eigenvalue weighted by Crippen LogP contribution is -2.61. The van der Waals surface area contributed by atoms with Gasteiger partial charge in [0, 0.05) is 11.1 Å². The zero-order valence-corrected chi connectivity index (χ0v) is 8.45. The predicted octanol–water partition coefficient (Wildman–Crippen LogP) is 0.788. The molecule has 2 bridgehead atoms. The van der Waals surface area contributed by atoms with Crippen molar-refractivity contribution in [2.45, 2.75) is 36.8 Å². The third kappa shape index (κ3) is 1.60. The van der Waals surface area contributed by atoms with Gasteiger partial charge in [0.05, 0.1) is 7.11 Å². The zero-order chi connectivity index (χ0) is 8.82. The molecule has 3 aliphatic carbocycles. The van der Waals surface area contributed by atoms with Crippen LogP contribution in [0.5, 0.6) is 0 Å². The van der Waals surface area contributed by atoms with Crippen molar-refractivity contribution in [3.05, 3.63) is 0 Å². The van der Waals surface area contributed by atoms with Crippen molar-refractivity contribution in [2.75, 3.05) is 7.11 Å². The van der Waals surface area contributed by atoms with E-state index in [-0.39, 0.29) is 29.6 Å². The van der Waals surface area contributed by atoms with E-state index in [4.69, 9.17) is 5.73 Å². The van der Waals surface area contributed by atoms with Gasteiger partial charge < -0.3 is 15.8 Å². The molecule has 13 heavy (non-hydrogen) atoms. The summed E-state index contributed by atoms with van der Waals surface area (Å²) in [6.07, 6.45) is 3.51. The van der Waals surface area contributed by atoms with Crippen molar-refractivity contribution in [2.24, 2.45) is 5.73 Å². The molecule has 76 valence electrons. The van der Waals surface area contributed by atoms with Crippen molar-refractivity contribution >= 4 is 18.5 Å². The molecule has 0 aromatic heterocycles. The second kappa shape index (κ2) is 3.03. The van der Waals surface area contributed by atoms with E-state index in [0.29, 0.717) is 0 Å². The third-order valence-corrected chi connectivity index (χ3v) is 3.03. The summed E-state index contributed by atoms with van der Waals surface area (Å²) in [7, 11) is 1.38. The summed E-state index contributed by atoms with van der Waals surface area (Å²) in [5.74, 6) is 0. The fraction of sp³-hybridized carbons (Fsp3) is 0.875. The van der Waals surface area contributed by atoms with Crippen LogP contribution in [0.2, 0.25) is 0 Å². The molecule has 3 aliphatic rings. The monoisotopic (exact) mass is 206 g/mol. The second-order valence-electron chi connectivity index (χ2n) is 4.11. The van der Waals surface area contributed by atoms with Crippen molar-refractivity contribution in [3.63, 3.8) is 0 Å². The average molecular weight is 207 g/mol. The Morgan fingerprint density at radius 2 is 2.08 bits per heavy atom. The number of methoxy groups -OCH3 is 1. The van der Waals surface area contributed by atoms with Gasteiger partial charge in [-0.1, -0.05) is 0 Å². The molecule has 3 saturated carbocycles. The number of carbonyl (C=O) groups is 1. The van der Waals surface area contributed by atoms with Crippen LogP contribution in [0.4, 0.5) is 4.79 Å². The molecular formula is C8H15ClN2O2. The number of carbonyl (C=O) groups excluding carboxylic acids is 1. The second-order valence-corrected chi connectivity index (χ2v) is 4.11. The Labute approximate surface area is 83.6 Å². The average Bonchev–Trinajstić information content (AvgIpc) is 2.41. The maximum atomic E-state index is 10.9. The smallest absolute Gasteiger partial charge is 0.407 e. The van der Waals surface area contributed by atoms with Crippen LogP contribution < -0.4 is 11.1 Å². The Bertz CT molecular complexity index is 226. The first-order valence-corrected chi connectivity index (χ1v) is 4.23. The normalized spacial score (nSPS) is 40.2. The van der Waals surface area contributed by atoms with Crippen LogP contribution >= 0.6 is 12.4 Å². The number of hydrogen-bond acceptors (Lipinski definition) is 3. The van der Waals surface area contributed by atoms with E-state index in [1.54, 1.807) is 0 Å². The molecule has 3 fully saturated rings. The van der Waals surface area contributed by atoms with E-state index in [0.717, 1.165) is 25.7 Å². The fourth-order valence-corrected chi connectivity index (χ4v) is 2.56. The number of fused-ring (bicyclic) bond motifs is 1. The minimum absolute atomic E-state index is 0. The zero-order valence-electron chi connectivity index (χ0n) is 7.63. The summed E-state index contributed by atoms with van der Waals surface area (Å²) < 4.78 is 4.54. The van der Waals surface area contributed by atoms with Crippen molar-refractivity contribution in [1.82, 2.24) is 5.32 Å². The minimum atomic E-state index is -0.334. The van der Waals surface area contributed by atoms with Crippen LogP contribution in [0.3, 0.4) is 0 Å². The number of nitrogens with two attached hydrogens (primary N) is 1. The first kappa shape index (κ1) is 10.6. The van der Waals surface area contributed by atoms with Crippen LogP contribution in [-0.2, 0) is 4.74 Å². The molecule has 5 heteroatoms. The maximum absolute atomic E-state index is 10.9. The molecule has 0 aliphatic heterocycles. The molecule has 0 spiro atoms. The topological polar surface area (TPSA) is 64.3 Å². The fourth-order valence-electron chi connectivity index (χ4n) is 2.56. The number of nitrogens with one attached hydrogen (secondary N) is 1. The molecule has 0 heterocycles. The lowest BCUT2D eigenvalue weighted by atomic mass is 9.72. The number of halogens is 1. The van der Waals surface area contributed by atoms with Crippen LogP contribution in [0.1, 0.15) is 25.7 Å². The number of alkyl carbamates (subject to hydrolysis) is 1. The van der Waals surface area contributed by atoms with Gasteiger partial charge in [-0.15, -0.1) is 12.4 Å². The summed E-state index contributed by atoms with van der Waals surface area (Å²) >= 11 is 0. The van der Waals surface area contributed by atoms with E-state index in [9.17, 15) is 4.79 Å². The van der Waals surface area contributed by atoms with Gasteiger partial charge in [0.25, 0.3) is 0 Å². The van der Waals surface area contributed by atoms with Gasteiger partial charge in [-0.05, 0) is 25.7 Å². The lowest BCUT2D eigenvalue weighted by Gasteiger charge is -2.44. The summed E-state index contributed by atoms with van der Waals surface area (Å²) in [5.41, 5.74) is 5.94. The number of amides is 1. The molecular weight excluding hydrogens is 192 g/mol. The lowest BCUT2D eigenvalue weighted by molar-refractivity contribution is 0.122. The Balaban J connectivity index is 0.000000845. The molecule has 0 aromatic rings. The standard InChI is InChI=1S/C8H14N2O2.ClH/c1-12-6(11)10-8-3-2-7(9,4-8)5-8;/h2-5,9H2,1H3,(H,10,11);1H. The SMILES string of the molecule is COC(=O)NC12CCC(N)(C1)C2.Cl. The van der Waals surface area contributed by atoms with E-state index < -0.39 is 0 Å². The largest absolute Gasteiger partial charge is 0.453 e. The Morgan fingerprint density at radius 3 is 2.46 bits per heavy atom. The van der Waals surface area contributed by atoms with Crippen LogP contribution in [-0.4, -0.2) is 24.3 Å². The highest BCUT2D eigenvalue weighted by Crippen LogP contribution is 2.53. The molecule has 1 amide bonds. The molecule has 0 unspecified atom stereocenters. The number of ether oxygens (including phenoxy) is 1. The van der Waals surface area contributed by atoms with E-state index in [1.807, 2.05) is 0 Å². The molecule has 0 saturated heterocycles. The van der Waals surface area contributed by atoms with Crippen molar-refractivity contribution < 1.29 is 9.53 Å². The Hall–Kier alpha value is -0.480. The van der Waals surface area contributed by atoms with Gasteiger partial charge in [-0.25, -0.2) is 4.79 Å². The highest BCUT2D eigenvalue weighted by molar-refractivity contribution is 5.85. The van der Waals surface area contributed by atoms with Crippen LogP contribution in [0, 0.1) is 0 Å². The number of rotatable bonds is 1. The van der Waals surface area contributed by atoms with Gasteiger partial charge in [-0.3, -0.25) is 0 Å². The Kier molecular flexibility index (Phi) is 2.47. The number of hydrogen-bond donors (Lipinski definition) is 2. The third-order valence-electron chi connectivity index (χ3n) is 3.03. The highest BCUT2D eigenvalue weighted by atomic mass is 35.5. The van der Waals surface area contributed by atoms with Crippen LogP contribution in [0.15, 0.2) is 0 Å². The van der Waals surface area contributed by atoms with Gasteiger partial charge in [0.1, 0.15) is 0 Å². The minimum Gasteiger partial charge on any atom is -0.453 e. The van der Waals surface area contributed by atoms with Crippen molar-refractivity contribution in [3.8, 4) is 0 Å². The summed E-state index contributed by atoms with van der Waals surface area (Å²) in [6.45, 7) is 0. The molecule has 3 rings (SSSR count). The van der Waals surface area contributed by atoms with Gasteiger partial charge in [-0.2, -0.15) is 0 Å². The summed E-state index contributed by atoms with van der Waals surface area (Å²) in [6, 6.07) is 0. The van der Waals surface area contributed by atoms with Gasteiger partial charge in [0.2, 0.25) is 0 Å². The summed E-state index contributed by atoms with van der Waals surface area (Å²) in [4.78, 5) is 10.9. The first-order chi connectivity index (χ1) is 5.58. The molecule has 0 atom stereocenters. The van der Waals surface area contributed by atoms with Crippen LogP contribution in [0.25, 0.3) is 0 Å². The van der Waals surface area contributed by atoms with Gasteiger partial charge in [0.15, 0.2) is 0 Å². The Morgan fingerprint density at radius 1 is 1.46 bits per heavy atom. The first-order valence-electron chi connectivity index (χ1n) is 4.23. The van der Waals surface area contributed by atoms with E-state index in [2.05, 4.69) is 10.1 Å². The van der Waals surface area contributed by atoms with E-state index >= 15 is 0 Å². The van der Waals surface area contributed by atoms with Crippen molar-refractivity contribution in [1.29, 1.82) is 0 Å². The maximum Gasteiger partial charge on any atom is 0.407 e. The van der Waals surface area contributed by atoms with Gasteiger partial charge >= 0.3 is 6.09 Å². The quantitative estimate of drug-likeness (QED) is 0.667. The molecule has 3 N–H and O–H groups in total.